The molecular weight excluding hydrogens is 309 g/mol. The van der Waals surface area contributed by atoms with Crippen LogP contribution < -0.4 is 13.7 Å². The van der Waals surface area contributed by atoms with Gasteiger partial charge in [0.25, 0.3) is 0 Å². The van der Waals surface area contributed by atoms with Crippen LogP contribution in [-0.2, 0) is 4.84 Å². The summed E-state index contributed by atoms with van der Waals surface area (Å²) < 4.78 is 13.0. The molecule has 0 fully saturated rings. The Morgan fingerprint density at radius 3 is 1.80 bits per heavy atom. The summed E-state index contributed by atoms with van der Waals surface area (Å²) in [6, 6.07) is 0. The third-order valence-electron chi connectivity index (χ3n) is 2.78. The molecule has 0 aromatic carbocycles. The molecule has 0 atom stereocenters. The van der Waals surface area contributed by atoms with Gasteiger partial charge in [0.05, 0.1) is 0 Å². The fourth-order valence-corrected chi connectivity index (χ4v) is 2.25. The number of nitrogens with two attached hydrogens (primary N) is 3. The summed E-state index contributed by atoms with van der Waals surface area (Å²) in [5, 5.41) is 0. The molecule has 0 aliphatic heterocycles. The first-order valence-electron chi connectivity index (χ1n) is 4.94. The van der Waals surface area contributed by atoms with Gasteiger partial charge in [0.15, 0.2) is 0 Å². The summed E-state index contributed by atoms with van der Waals surface area (Å²) in [6.45, 7) is 4.15. The summed E-state index contributed by atoms with van der Waals surface area (Å²) in [5.74, 6) is 5.67. The van der Waals surface area contributed by atoms with Gasteiger partial charge in [-0.2, -0.15) is 0 Å². The van der Waals surface area contributed by atoms with Crippen LogP contribution in [0.4, 0.5) is 0 Å². The minimum atomic E-state index is -2.25. The molecule has 94 valence electrons. The molecule has 0 aliphatic carbocycles. The van der Waals surface area contributed by atoms with E-state index in [1.165, 1.54) is 3.39 Å². The molecule has 0 aromatic heterocycles. The Labute approximate surface area is 101 Å². The van der Waals surface area contributed by atoms with E-state index >= 15 is 0 Å². The molecule has 0 spiro atoms. The summed E-state index contributed by atoms with van der Waals surface area (Å²) in [4.78, 5) is 5.77. The molecule has 0 aliphatic rings. The van der Waals surface area contributed by atoms with E-state index in [2.05, 4.69) is 35.0 Å². The summed E-state index contributed by atoms with van der Waals surface area (Å²) in [5.41, 5.74) is -0.358. The van der Waals surface area contributed by atoms with E-state index in [0.717, 1.165) is 12.8 Å². The Bertz CT molecular complexity index is 190. The normalized spacial score (nSPS) is 14.6. The van der Waals surface area contributed by atoms with Gasteiger partial charge in [0.2, 0.25) is 0 Å². The zero-order chi connectivity index (χ0) is 12.3. The SMILES string of the molecule is CCC(CC)(ON(N)I(N)N)[N+](C)(C)C. The van der Waals surface area contributed by atoms with Gasteiger partial charge in [0, 0.05) is 0 Å². The maximum absolute atomic E-state index is 5.77. The van der Waals surface area contributed by atoms with E-state index in [1.807, 2.05) is 0 Å². The van der Waals surface area contributed by atoms with E-state index in [4.69, 9.17) is 18.6 Å². The molecule has 0 unspecified atom stereocenters. The van der Waals surface area contributed by atoms with Crippen LogP contribution in [0.25, 0.3) is 0 Å². The van der Waals surface area contributed by atoms with Crippen molar-refractivity contribution in [3.63, 3.8) is 0 Å². The van der Waals surface area contributed by atoms with Gasteiger partial charge in [-0.25, -0.2) is 0 Å². The zero-order valence-corrected chi connectivity index (χ0v) is 12.5. The third kappa shape index (κ3) is 3.77. The van der Waals surface area contributed by atoms with Gasteiger partial charge in [-0.15, -0.1) is 0 Å². The van der Waals surface area contributed by atoms with Crippen molar-refractivity contribution in [2.45, 2.75) is 32.4 Å². The van der Waals surface area contributed by atoms with Crippen molar-refractivity contribution in [3.05, 3.63) is 0 Å². The van der Waals surface area contributed by atoms with Crippen molar-refractivity contribution >= 4 is 20.6 Å². The first-order valence-corrected chi connectivity index (χ1v) is 8.39. The molecular formula is C8H25IN5O+. The number of halogens is 1. The Kier molecular flexibility index (Phi) is 5.90. The van der Waals surface area contributed by atoms with Gasteiger partial charge in [-0.05, 0) is 0 Å². The summed E-state index contributed by atoms with van der Waals surface area (Å²) in [7, 11) is 6.23. The van der Waals surface area contributed by atoms with E-state index in [1.54, 1.807) is 0 Å². The maximum atomic E-state index is 5.77. The van der Waals surface area contributed by atoms with Gasteiger partial charge < -0.3 is 0 Å². The number of rotatable bonds is 6. The Balaban J connectivity index is 4.81. The van der Waals surface area contributed by atoms with Crippen LogP contribution in [-0.4, -0.2) is 34.7 Å². The number of hydrogen-bond acceptors (Lipinski definition) is 5. The molecule has 7 heteroatoms. The fraction of sp³-hybridized carbons (Fsp3) is 1.00. The van der Waals surface area contributed by atoms with Crippen LogP contribution in [0.2, 0.25) is 0 Å². The van der Waals surface area contributed by atoms with Gasteiger partial charge in [-0.1, -0.05) is 0 Å². The molecule has 0 heterocycles. The molecule has 0 saturated heterocycles. The van der Waals surface area contributed by atoms with Crippen molar-refractivity contribution in [1.29, 1.82) is 0 Å². The van der Waals surface area contributed by atoms with Crippen LogP contribution in [0, 0.1) is 0 Å². The fourth-order valence-electron chi connectivity index (χ4n) is 1.65. The van der Waals surface area contributed by atoms with E-state index in [9.17, 15) is 0 Å². The summed E-state index contributed by atoms with van der Waals surface area (Å²) in [6.07, 6.45) is 1.70. The second-order valence-corrected chi connectivity index (χ2v) is 7.13. The predicted molar refractivity (Wildman–Crippen MR) is 70.9 cm³/mol. The van der Waals surface area contributed by atoms with Crippen molar-refractivity contribution in [3.8, 4) is 0 Å². The molecule has 0 saturated carbocycles. The van der Waals surface area contributed by atoms with Crippen LogP contribution in [0.5, 0.6) is 0 Å². The van der Waals surface area contributed by atoms with E-state index in [0.29, 0.717) is 4.48 Å². The van der Waals surface area contributed by atoms with Crippen molar-refractivity contribution in [2.75, 3.05) is 21.1 Å². The van der Waals surface area contributed by atoms with E-state index < -0.39 is 20.6 Å². The van der Waals surface area contributed by atoms with Gasteiger partial charge in [0.1, 0.15) is 0 Å². The quantitative estimate of drug-likeness (QED) is 0.164. The van der Waals surface area contributed by atoms with Crippen molar-refractivity contribution in [1.82, 2.24) is 3.39 Å². The van der Waals surface area contributed by atoms with Crippen LogP contribution in [0.15, 0.2) is 0 Å². The molecule has 0 amide bonds. The third-order valence-corrected chi connectivity index (χ3v) is 4.07. The van der Waals surface area contributed by atoms with Crippen molar-refractivity contribution < 1.29 is 9.32 Å². The molecule has 0 radical (unpaired) electrons. The predicted octanol–water partition coefficient (Wildman–Crippen LogP) is 0.485. The number of nitrogens with zero attached hydrogens (tertiary/aromatic N) is 2. The second kappa shape index (κ2) is 5.71. The number of hydrogen-bond donors (Lipinski definition) is 3. The average molecular weight is 334 g/mol. The molecule has 0 bridgehead atoms. The van der Waals surface area contributed by atoms with Crippen LogP contribution >= 0.6 is 20.6 Å². The molecule has 6 N–H and O–H groups in total. The first kappa shape index (κ1) is 15.5. The average Bonchev–Trinajstić information content (AvgIpc) is 2.11. The topological polar surface area (TPSA) is 90.5 Å². The Morgan fingerprint density at radius 2 is 1.60 bits per heavy atom. The monoisotopic (exact) mass is 334 g/mol. The van der Waals surface area contributed by atoms with Crippen LogP contribution in [0.1, 0.15) is 26.7 Å². The number of hydrazine groups is 1. The first-order chi connectivity index (χ1) is 6.70. The Morgan fingerprint density at radius 1 is 1.20 bits per heavy atom. The van der Waals surface area contributed by atoms with Gasteiger partial charge >= 0.3 is 101 Å². The van der Waals surface area contributed by atoms with Crippen LogP contribution in [0.3, 0.4) is 0 Å². The minimum absolute atomic E-state index is 0.358. The van der Waals surface area contributed by atoms with Gasteiger partial charge in [-0.3, -0.25) is 0 Å². The molecule has 15 heavy (non-hydrogen) atoms. The molecule has 6 nitrogen and oxygen atoms in total. The van der Waals surface area contributed by atoms with Crippen molar-refractivity contribution in [2.24, 2.45) is 13.7 Å². The summed E-state index contributed by atoms with van der Waals surface area (Å²) >= 11 is -2.25. The molecule has 0 rings (SSSR count). The standard InChI is InChI=1S/C8H25IN5O/c1-6-8(7-2,14(3,4)5)15-13(12)9(10)11/h6-7,10-12H2,1-5H3/q+1. The Hall–Kier alpha value is 0.490. The number of quaternary nitrogens is 1. The zero-order valence-electron chi connectivity index (χ0n) is 10.3. The second-order valence-electron chi connectivity index (χ2n) is 4.35. The van der Waals surface area contributed by atoms with E-state index in [-0.39, 0.29) is 5.72 Å². The molecule has 0 aromatic rings.